The number of aryl methyl sites for hydroxylation is 2. The number of unbranched alkanes of at least 4 members (excludes halogenated alkanes) is 22. The summed E-state index contributed by atoms with van der Waals surface area (Å²) in [5.74, 6) is 0. The first-order chi connectivity index (χ1) is 20.5. The van der Waals surface area contributed by atoms with E-state index in [4.69, 9.17) is 0 Å². The van der Waals surface area contributed by atoms with Gasteiger partial charge < -0.3 is 4.55 Å². The van der Waals surface area contributed by atoms with Crippen LogP contribution >= 0.6 is 0 Å². The molecule has 5 heteroatoms. The summed E-state index contributed by atoms with van der Waals surface area (Å²) < 4.78 is 35.8. The standard InChI is InChI=1S/C38H64O3S.K/c1-3-5-7-9-11-13-15-17-19-21-23-25-27-34-29-30-38-35(32-37(42(39,40)41)33-36(38)31-34)28-26-24-22-20-18-16-14-12-10-8-6-4-2;/h29-33H,3-28H2,1-2H3,(H,39,40,41);/q;+1/p-1. The van der Waals surface area contributed by atoms with Gasteiger partial charge in [0.05, 0.1) is 4.90 Å². The molecule has 240 valence electrons. The molecule has 0 saturated heterocycles. The monoisotopic (exact) mass is 638 g/mol. The van der Waals surface area contributed by atoms with Gasteiger partial charge in [-0.25, -0.2) is 8.42 Å². The van der Waals surface area contributed by atoms with Crippen molar-refractivity contribution in [3.05, 3.63) is 41.5 Å². The quantitative estimate of drug-likeness (QED) is 0.0557. The van der Waals surface area contributed by atoms with Crippen LogP contribution < -0.4 is 51.4 Å². The molecule has 43 heavy (non-hydrogen) atoms. The average Bonchev–Trinajstić information content (AvgIpc) is 2.97. The minimum atomic E-state index is -4.48. The molecule has 3 nitrogen and oxygen atoms in total. The van der Waals surface area contributed by atoms with Crippen molar-refractivity contribution in [3.8, 4) is 0 Å². The molecule has 0 N–H and O–H groups in total. The minimum absolute atomic E-state index is 0. The topological polar surface area (TPSA) is 57.2 Å². The summed E-state index contributed by atoms with van der Waals surface area (Å²) in [6.45, 7) is 4.54. The summed E-state index contributed by atoms with van der Waals surface area (Å²) in [7, 11) is -4.48. The van der Waals surface area contributed by atoms with Crippen molar-refractivity contribution < 1.29 is 64.4 Å². The van der Waals surface area contributed by atoms with Crippen LogP contribution in [0.15, 0.2) is 35.2 Å². The third-order valence-electron chi connectivity index (χ3n) is 8.98. The van der Waals surface area contributed by atoms with Crippen LogP contribution in [0, 0.1) is 0 Å². The first-order valence-corrected chi connectivity index (χ1v) is 19.4. The normalized spacial score (nSPS) is 11.7. The van der Waals surface area contributed by atoms with Crippen molar-refractivity contribution >= 4 is 20.9 Å². The van der Waals surface area contributed by atoms with Gasteiger partial charge in [0.1, 0.15) is 10.1 Å². The largest absolute Gasteiger partial charge is 1.00 e. The molecule has 0 amide bonds. The van der Waals surface area contributed by atoms with E-state index in [1.54, 1.807) is 12.1 Å². The van der Waals surface area contributed by atoms with Crippen LogP contribution in [0.3, 0.4) is 0 Å². The summed E-state index contributed by atoms with van der Waals surface area (Å²) in [4.78, 5) is -0.0774. The molecule has 0 heterocycles. The number of fused-ring (bicyclic) bond motifs is 1. The van der Waals surface area contributed by atoms with Crippen LogP contribution in [0.2, 0.25) is 0 Å². The van der Waals surface area contributed by atoms with Crippen LogP contribution in [0.25, 0.3) is 10.8 Å². The first-order valence-electron chi connectivity index (χ1n) is 18.0. The van der Waals surface area contributed by atoms with Crippen molar-refractivity contribution in [2.45, 2.75) is 186 Å². The van der Waals surface area contributed by atoms with Gasteiger partial charge in [-0.05, 0) is 59.7 Å². The molecule has 0 radical (unpaired) electrons. The van der Waals surface area contributed by atoms with Crippen molar-refractivity contribution in [2.24, 2.45) is 0 Å². The maximum atomic E-state index is 11.9. The second-order valence-electron chi connectivity index (χ2n) is 12.9. The maximum absolute atomic E-state index is 11.9. The van der Waals surface area contributed by atoms with Crippen LogP contribution in [0.5, 0.6) is 0 Å². The summed E-state index contributed by atoms with van der Waals surface area (Å²) in [5.41, 5.74) is 2.25. The predicted octanol–water partition coefficient (Wildman–Crippen LogP) is 9.24. The van der Waals surface area contributed by atoms with Crippen LogP contribution in [0.4, 0.5) is 0 Å². The molecule has 0 spiro atoms. The van der Waals surface area contributed by atoms with Crippen LogP contribution in [-0.4, -0.2) is 13.0 Å². The van der Waals surface area contributed by atoms with Crippen molar-refractivity contribution in [2.75, 3.05) is 0 Å². The fraction of sp³-hybridized carbons (Fsp3) is 0.737. The van der Waals surface area contributed by atoms with Crippen LogP contribution in [-0.2, 0) is 23.0 Å². The van der Waals surface area contributed by atoms with Crippen molar-refractivity contribution in [1.82, 2.24) is 0 Å². The molecule has 0 fully saturated rings. The van der Waals surface area contributed by atoms with Gasteiger partial charge in [-0.15, -0.1) is 0 Å². The molecule has 0 atom stereocenters. The Morgan fingerprint density at radius 1 is 0.512 bits per heavy atom. The van der Waals surface area contributed by atoms with Gasteiger partial charge in [-0.3, -0.25) is 0 Å². The molecule has 0 saturated carbocycles. The van der Waals surface area contributed by atoms with E-state index >= 15 is 0 Å². The smallest absolute Gasteiger partial charge is 0.744 e. The molecule has 0 aromatic heterocycles. The Bertz CT molecular complexity index is 1070. The Hall–Kier alpha value is 0.246. The van der Waals surface area contributed by atoms with Gasteiger partial charge in [-0.1, -0.05) is 173 Å². The van der Waals surface area contributed by atoms with Gasteiger partial charge in [0.25, 0.3) is 0 Å². The van der Waals surface area contributed by atoms with E-state index in [2.05, 4.69) is 32.0 Å². The molecule has 2 aromatic rings. The summed E-state index contributed by atoms with van der Waals surface area (Å²) in [5, 5.41) is 2.00. The first kappa shape index (κ1) is 41.3. The zero-order valence-corrected chi connectivity index (χ0v) is 32.3. The fourth-order valence-corrected chi connectivity index (χ4v) is 6.86. The maximum Gasteiger partial charge on any atom is 1.00 e. The third kappa shape index (κ3) is 19.5. The van der Waals surface area contributed by atoms with E-state index in [1.807, 2.05) is 0 Å². The predicted molar refractivity (Wildman–Crippen MR) is 181 cm³/mol. The minimum Gasteiger partial charge on any atom is -0.744 e. The Labute approximate surface area is 309 Å². The number of hydrogen-bond donors (Lipinski definition) is 0. The van der Waals surface area contributed by atoms with E-state index in [9.17, 15) is 13.0 Å². The SMILES string of the molecule is CCCCCCCCCCCCCCc1ccc2c(CCCCCCCCCCCCCC)cc(S(=O)(=O)[O-])cc2c1.[K+]. The van der Waals surface area contributed by atoms with Gasteiger partial charge >= 0.3 is 51.4 Å². The fourth-order valence-electron chi connectivity index (χ4n) is 6.30. The Balaban J connectivity index is 0.00000924. The Morgan fingerprint density at radius 3 is 1.33 bits per heavy atom. The molecule has 0 aliphatic heterocycles. The molecule has 0 aliphatic rings. The van der Waals surface area contributed by atoms with Gasteiger partial charge in [0.15, 0.2) is 0 Å². The zero-order chi connectivity index (χ0) is 30.3. The molecule has 0 aliphatic carbocycles. The number of rotatable bonds is 27. The molecule has 2 rings (SSSR count). The third-order valence-corrected chi connectivity index (χ3v) is 9.80. The Morgan fingerprint density at radius 2 is 0.907 bits per heavy atom. The molecule has 0 bridgehead atoms. The van der Waals surface area contributed by atoms with Crippen molar-refractivity contribution in [3.63, 3.8) is 0 Å². The number of hydrogen-bond acceptors (Lipinski definition) is 3. The van der Waals surface area contributed by atoms with Gasteiger partial charge in [0.2, 0.25) is 0 Å². The van der Waals surface area contributed by atoms with Crippen LogP contribution in [0.1, 0.15) is 179 Å². The van der Waals surface area contributed by atoms with Gasteiger partial charge in [-0.2, -0.15) is 0 Å². The Kier molecular flexibility index (Phi) is 25.3. The summed E-state index contributed by atoms with van der Waals surface area (Å²) in [6.07, 6.45) is 33.5. The molecular weight excluding hydrogens is 576 g/mol. The second kappa shape index (κ2) is 26.3. The molecule has 0 unspecified atom stereocenters. The van der Waals surface area contributed by atoms with E-state index in [0.29, 0.717) is 0 Å². The van der Waals surface area contributed by atoms with Crippen molar-refractivity contribution in [1.29, 1.82) is 0 Å². The molecular formula is C38H63KO3S. The van der Waals surface area contributed by atoms with E-state index in [-0.39, 0.29) is 56.3 Å². The average molecular weight is 639 g/mol. The molecule has 2 aromatic carbocycles. The van der Waals surface area contributed by atoms with E-state index < -0.39 is 10.1 Å². The second-order valence-corrected chi connectivity index (χ2v) is 14.2. The van der Waals surface area contributed by atoms with E-state index in [0.717, 1.165) is 48.4 Å². The van der Waals surface area contributed by atoms with Gasteiger partial charge in [0, 0.05) is 0 Å². The van der Waals surface area contributed by atoms with E-state index in [1.165, 1.54) is 140 Å². The zero-order valence-electron chi connectivity index (χ0n) is 28.4. The number of benzene rings is 2. The summed E-state index contributed by atoms with van der Waals surface area (Å²) in [6, 6.07) is 9.71. The summed E-state index contributed by atoms with van der Waals surface area (Å²) >= 11 is 0.